The van der Waals surface area contributed by atoms with E-state index in [1.165, 1.54) is 0 Å². The molecule has 0 heterocycles. The van der Waals surface area contributed by atoms with E-state index in [4.69, 9.17) is 10.8 Å². The fourth-order valence-electron chi connectivity index (χ4n) is 1.33. The molecule has 0 amide bonds. The van der Waals surface area contributed by atoms with E-state index in [0.29, 0.717) is 0 Å². The highest BCUT2D eigenvalue weighted by molar-refractivity contribution is 5.85. The molecule has 0 saturated heterocycles. The first-order valence-corrected chi connectivity index (χ1v) is 4.16. The van der Waals surface area contributed by atoms with Gasteiger partial charge in [0.2, 0.25) is 0 Å². The summed E-state index contributed by atoms with van der Waals surface area (Å²) < 4.78 is 0. The number of hydrogen-bond donors (Lipinski definition) is 2. The van der Waals surface area contributed by atoms with Crippen molar-refractivity contribution >= 4 is 18.4 Å². The predicted molar refractivity (Wildman–Crippen MR) is 57.7 cm³/mol. The predicted octanol–water partition coefficient (Wildman–Crippen LogP) is 1.62. The van der Waals surface area contributed by atoms with Crippen molar-refractivity contribution in [2.45, 2.75) is 18.9 Å². The number of hydrogen-bond acceptors (Lipinski definition) is 2. The van der Waals surface area contributed by atoms with Crippen LogP contribution in [-0.4, -0.2) is 17.1 Å². The number of carboxylic acid groups (broad SMARTS) is 1. The highest BCUT2D eigenvalue weighted by Crippen LogP contribution is 2.18. The quantitative estimate of drug-likeness (QED) is 0.806. The van der Waals surface area contributed by atoms with Crippen molar-refractivity contribution in [3.8, 4) is 0 Å². The highest BCUT2D eigenvalue weighted by atomic mass is 35.5. The van der Waals surface area contributed by atoms with Crippen LogP contribution >= 0.6 is 12.4 Å². The van der Waals surface area contributed by atoms with Crippen LogP contribution < -0.4 is 5.73 Å². The molecule has 3 nitrogen and oxygen atoms in total. The van der Waals surface area contributed by atoms with Gasteiger partial charge in [-0.3, -0.25) is 4.79 Å². The van der Waals surface area contributed by atoms with E-state index in [-0.39, 0.29) is 18.4 Å². The highest BCUT2D eigenvalue weighted by Gasteiger charge is 2.23. The van der Waals surface area contributed by atoms with E-state index in [1.54, 1.807) is 19.1 Å². The van der Waals surface area contributed by atoms with Crippen LogP contribution in [0.2, 0.25) is 0 Å². The standard InChI is InChI=1S/C10H13NO2.ClH/c1-7(11)9(10(12)13)8-5-3-2-4-6-8;/h2-7,9H,11H2,1H3,(H,12,13);1H/t7-,9?;/m1./s1. The van der Waals surface area contributed by atoms with Gasteiger partial charge in [-0.05, 0) is 12.5 Å². The van der Waals surface area contributed by atoms with E-state index < -0.39 is 11.9 Å². The lowest BCUT2D eigenvalue weighted by Crippen LogP contribution is -2.30. The number of rotatable bonds is 3. The first kappa shape index (κ1) is 12.9. The van der Waals surface area contributed by atoms with Gasteiger partial charge < -0.3 is 10.8 Å². The molecule has 78 valence electrons. The fraction of sp³-hybridized carbons (Fsp3) is 0.300. The summed E-state index contributed by atoms with van der Waals surface area (Å²) in [5.74, 6) is -1.48. The van der Waals surface area contributed by atoms with Crippen LogP contribution in [0, 0.1) is 0 Å². The Morgan fingerprint density at radius 1 is 1.36 bits per heavy atom. The normalized spacial score (nSPS) is 13.9. The summed E-state index contributed by atoms with van der Waals surface area (Å²) in [5.41, 5.74) is 6.34. The Labute approximate surface area is 89.3 Å². The van der Waals surface area contributed by atoms with E-state index in [0.717, 1.165) is 5.56 Å². The average molecular weight is 216 g/mol. The molecule has 0 saturated carbocycles. The maximum Gasteiger partial charge on any atom is 0.312 e. The molecule has 1 unspecified atom stereocenters. The van der Waals surface area contributed by atoms with Crippen molar-refractivity contribution < 1.29 is 9.90 Å². The summed E-state index contributed by atoms with van der Waals surface area (Å²) in [7, 11) is 0. The molecule has 3 N–H and O–H groups in total. The van der Waals surface area contributed by atoms with Gasteiger partial charge in [0.05, 0.1) is 5.92 Å². The van der Waals surface area contributed by atoms with Crippen LogP contribution in [0.4, 0.5) is 0 Å². The van der Waals surface area contributed by atoms with Crippen LogP contribution in [0.5, 0.6) is 0 Å². The largest absolute Gasteiger partial charge is 0.481 e. The number of halogens is 1. The lowest BCUT2D eigenvalue weighted by Gasteiger charge is -2.15. The van der Waals surface area contributed by atoms with Gasteiger partial charge in [0.1, 0.15) is 0 Å². The average Bonchev–Trinajstić information content (AvgIpc) is 2.04. The Balaban J connectivity index is 0.00000169. The maximum absolute atomic E-state index is 10.9. The van der Waals surface area contributed by atoms with Crippen molar-refractivity contribution in [2.75, 3.05) is 0 Å². The summed E-state index contributed by atoms with van der Waals surface area (Å²) in [6.07, 6.45) is 0. The van der Waals surface area contributed by atoms with E-state index in [1.807, 2.05) is 18.2 Å². The first-order chi connectivity index (χ1) is 6.13. The van der Waals surface area contributed by atoms with Crippen molar-refractivity contribution in [1.82, 2.24) is 0 Å². The Morgan fingerprint density at radius 2 is 1.86 bits per heavy atom. The molecule has 14 heavy (non-hydrogen) atoms. The number of nitrogens with two attached hydrogens (primary N) is 1. The molecule has 0 aliphatic rings. The number of aliphatic carboxylic acids is 1. The van der Waals surface area contributed by atoms with Gasteiger partial charge >= 0.3 is 5.97 Å². The van der Waals surface area contributed by atoms with E-state index in [2.05, 4.69) is 0 Å². The number of carboxylic acids is 1. The summed E-state index contributed by atoms with van der Waals surface area (Å²) >= 11 is 0. The minimum Gasteiger partial charge on any atom is -0.481 e. The minimum atomic E-state index is -0.874. The molecule has 0 aliphatic heterocycles. The Hall–Kier alpha value is -1.06. The second kappa shape index (κ2) is 5.62. The molecule has 0 radical (unpaired) electrons. The van der Waals surface area contributed by atoms with Crippen molar-refractivity contribution in [3.05, 3.63) is 35.9 Å². The van der Waals surface area contributed by atoms with Gasteiger partial charge in [0.15, 0.2) is 0 Å². The third kappa shape index (κ3) is 3.01. The van der Waals surface area contributed by atoms with Gasteiger partial charge in [0.25, 0.3) is 0 Å². The summed E-state index contributed by atoms with van der Waals surface area (Å²) in [5, 5.41) is 8.92. The van der Waals surface area contributed by atoms with Crippen molar-refractivity contribution in [1.29, 1.82) is 0 Å². The molecule has 1 aromatic carbocycles. The van der Waals surface area contributed by atoms with E-state index in [9.17, 15) is 4.79 Å². The molecule has 0 bridgehead atoms. The molecular weight excluding hydrogens is 202 g/mol. The lowest BCUT2D eigenvalue weighted by molar-refractivity contribution is -0.139. The van der Waals surface area contributed by atoms with Crippen LogP contribution in [-0.2, 0) is 4.79 Å². The van der Waals surface area contributed by atoms with Crippen LogP contribution in [0.1, 0.15) is 18.4 Å². The van der Waals surface area contributed by atoms with E-state index >= 15 is 0 Å². The van der Waals surface area contributed by atoms with Gasteiger partial charge in [-0.15, -0.1) is 12.4 Å². The van der Waals surface area contributed by atoms with Crippen molar-refractivity contribution in [3.63, 3.8) is 0 Å². The molecule has 0 aliphatic carbocycles. The molecule has 0 aromatic heterocycles. The second-order valence-corrected chi connectivity index (χ2v) is 3.09. The summed E-state index contributed by atoms with van der Waals surface area (Å²) in [6, 6.07) is 8.66. The molecule has 2 atom stereocenters. The smallest absolute Gasteiger partial charge is 0.312 e. The van der Waals surface area contributed by atoms with Gasteiger partial charge in [-0.2, -0.15) is 0 Å². The first-order valence-electron chi connectivity index (χ1n) is 4.16. The zero-order valence-corrected chi connectivity index (χ0v) is 8.70. The molecule has 4 heteroatoms. The number of carbonyl (C=O) groups is 1. The molecule has 1 rings (SSSR count). The Kier molecular flexibility index (Phi) is 5.20. The Bertz CT molecular complexity index is 287. The van der Waals surface area contributed by atoms with Crippen LogP contribution in [0.15, 0.2) is 30.3 Å². The number of benzene rings is 1. The third-order valence-electron chi connectivity index (χ3n) is 1.95. The molecule has 1 aromatic rings. The second-order valence-electron chi connectivity index (χ2n) is 3.09. The van der Waals surface area contributed by atoms with Gasteiger partial charge in [-0.1, -0.05) is 30.3 Å². The molecule has 0 spiro atoms. The summed E-state index contributed by atoms with van der Waals surface area (Å²) in [4.78, 5) is 10.9. The monoisotopic (exact) mass is 215 g/mol. The third-order valence-corrected chi connectivity index (χ3v) is 1.95. The zero-order chi connectivity index (χ0) is 9.84. The van der Waals surface area contributed by atoms with Crippen LogP contribution in [0.25, 0.3) is 0 Å². The SMILES string of the molecule is C[C@@H](N)C(C(=O)O)c1ccccc1.Cl. The van der Waals surface area contributed by atoms with Gasteiger partial charge in [0, 0.05) is 6.04 Å². The zero-order valence-electron chi connectivity index (χ0n) is 7.88. The molecule has 0 fully saturated rings. The molecular formula is C10H14ClNO2. The fourth-order valence-corrected chi connectivity index (χ4v) is 1.33. The lowest BCUT2D eigenvalue weighted by atomic mass is 9.93. The van der Waals surface area contributed by atoms with Crippen molar-refractivity contribution in [2.24, 2.45) is 5.73 Å². The topological polar surface area (TPSA) is 63.3 Å². The van der Waals surface area contributed by atoms with Gasteiger partial charge in [-0.25, -0.2) is 0 Å². The summed E-state index contributed by atoms with van der Waals surface area (Å²) in [6.45, 7) is 1.70. The maximum atomic E-state index is 10.9. The van der Waals surface area contributed by atoms with Crippen LogP contribution in [0.3, 0.4) is 0 Å². The minimum absolute atomic E-state index is 0. The Morgan fingerprint density at radius 3 is 2.21 bits per heavy atom.